The fourth-order valence-electron chi connectivity index (χ4n) is 2.69. The molecule has 0 unspecified atom stereocenters. The normalized spacial score (nSPS) is 14.1. The zero-order valence-electron chi connectivity index (χ0n) is 13.3. The van der Waals surface area contributed by atoms with E-state index in [4.69, 9.17) is 10.00 Å². The first-order chi connectivity index (χ1) is 11.8. The number of nitriles is 1. The third kappa shape index (κ3) is 3.63. The minimum atomic E-state index is -0.0561. The summed E-state index contributed by atoms with van der Waals surface area (Å²) in [7, 11) is 0. The second-order valence-corrected chi connectivity index (χ2v) is 5.51. The quantitative estimate of drug-likeness (QED) is 0.845. The van der Waals surface area contributed by atoms with Gasteiger partial charge in [-0.1, -0.05) is 18.2 Å². The molecule has 6 nitrogen and oxygen atoms in total. The molecule has 0 radical (unpaired) electrons. The fraction of sp³-hybridized carbons (Fsp3) is 0.278. The van der Waals surface area contributed by atoms with Crippen molar-refractivity contribution in [3.05, 3.63) is 54.2 Å². The summed E-state index contributed by atoms with van der Waals surface area (Å²) in [6.07, 6.45) is 1.90. The number of ether oxygens (including phenoxy) is 1. The second kappa shape index (κ2) is 7.47. The van der Waals surface area contributed by atoms with Crippen LogP contribution in [0.15, 0.2) is 48.7 Å². The van der Waals surface area contributed by atoms with Crippen molar-refractivity contribution in [3.63, 3.8) is 0 Å². The van der Waals surface area contributed by atoms with Gasteiger partial charge in [0.1, 0.15) is 24.9 Å². The summed E-state index contributed by atoms with van der Waals surface area (Å²) in [5.41, 5.74) is 0.440. The molecule has 0 bridgehead atoms. The number of hydrogen-bond acceptors (Lipinski definition) is 4. The van der Waals surface area contributed by atoms with E-state index in [1.54, 1.807) is 29.2 Å². The van der Waals surface area contributed by atoms with Crippen molar-refractivity contribution in [2.45, 2.75) is 0 Å². The molecule has 1 N–H and O–H groups in total. The van der Waals surface area contributed by atoms with Gasteiger partial charge in [-0.25, -0.2) is 4.98 Å². The number of para-hydroxylation sites is 1. The van der Waals surface area contributed by atoms with Gasteiger partial charge >= 0.3 is 0 Å². The molecule has 1 saturated heterocycles. The minimum absolute atomic E-state index is 0.0455. The molecule has 3 rings (SSSR count). The first kappa shape index (κ1) is 15.8. The molecule has 1 aromatic carbocycles. The molecule has 0 aliphatic carbocycles. The number of nitrogens with zero attached hydrogens (tertiary/aromatic N) is 3. The van der Waals surface area contributed by atoms with Crippen LogP contribution < -0.4 is 14.6 Å². The van der Waals surface area contributed by atoms with Crippen molar-refractivity contribution >= 4 is 11.7 Å². The van der Waals surface area contributed by atoms with Crippen LogP contribution in [0.25, 0.3) is 0 Å². The van der Waals surface area contributed by atoms with Crippen LogP contribution in [-0.4, -0.2) is 43.6 Å². The Morgan fingerprint density at radius 1 is 1.12 bits per heavy atom. The predicted molar refractivity (Wildman–Crippen MR) is 88.4 cm³/mol. The smallest absolute Gasteiger partial charge is 0.274 e. The van der Waals surface area contributed by atoms with E-state index in [0.29, 0.717) is 24.4 Å². The second-order valence-electron chi connectivity index (χ2n) is 5.51. The SMILES string of the molecule is N#Cc1ccccc1OCC(=O)N1CCN(c2cccc[nH+]2)CC1. The summed E-state index contributed by atoms with van der Waals surface area (Å²) in [6.45, 7) is 2.83. The Balaban J connectivity index is 1.51. The molecule has 6 heteroatoms. The third-order valence-electron chi connectivity index (χ3n) is 4.02. The molecule has 122 valence electrons. The summed E-state index contributed by atoms with van der Waals surface area (Å²) >= 11 is 0. The lowest BCUT2D eigenvalue weighted by molar-refractivity contribution is -0.364. The van der Waals surface area contributed by atoms with Gasteiger partial charge in [-0.3, -0.25) is 9.69 Å². The van der Waals surface area contributed by atoms with E-state index in [1.807, 2.05) is 24.4 Å². The van der Waals surface area contributed by atoms with Crippen molar-refractivity contribution in [1.82, 2.24) is 4.90 Å². The first-order valence-electron chi connectivity index (χ1n) is 7.89. The van der Waals surface area contributed by atoms with Crippen LogP contribution in [0, 0.1) is 11.3 Å². The number of H-pyrrole nitrogens is 1. The van der Waals surface area contributed by atoms with Crippen molar-refractivity contribution in [3.8, 4) is 11.8 Å². The van der Waals surface area contributed by atoms with Crippen molar-refractivity contribution in [1.29, 1.82) is 5.26 Å². The molecule has 0 spiro atoms. The van der Waals surface area contributed by atoms with Crippen molar-refractivity contribution < 1.29 is 14.5 Å². The maximum absolute atomic E-state index is 12.3. The molecule has 24 heavy (non-hydrogen) atoms. The fourth-order valence-corrected chi connectivity index (χ4v) is 2.69. The van der Waals surface area contributed by atoms with Crippen LogP contribution in [0.3, 0.4) is 0 Å². The predicted octanol–water partition coefficient (Wildman–Crippen LogP) is 1.10. The lowest BCUT2D eigenvalue weighted by atomic mass is 10.2. The van der Waals surface area contributed by atoms with Crippen LogP contribution in [0.4, 0.5) is 5.82 Å². The maximum Gasteiger partial charge on any atom is 0.274 e. The molecular weight excluding hydrogens is 304 g/mol. The highest BCUT2D eigenvalue weighted by atomic mass is 16.5. The van der Waals surface area contributed by atoms with E-state index in [-0.39, 0.29) is 12.5 Å². The maximum atomic E-state index is 12.3. The van der Waals surface area contributed by atoms with Gasteiger partial charge in [0, 0.05) is 6.07 Å². The van der Waals surface area contributed by atoms with Gasteiger partial charge in [-0.2, -0.15) is 5.26 Å². The summed E-state index contributed by atoms with van der Waals surface area (Å²) < 4.78 is 5.52. The number of piperazine rings is 1. The highest BCUT2D eigenvalue weighted by Crippen LogP contribution is 2.17. The standard InChI is InChI=1S/C18H18N4O2/c19-13-15-5-1-2-6-16(15)24-14-18(23)22-11-9-21(10-12-22)17-7-3-4-8-20-17/h1-8H,9-12,14H2/p+1. The Kier molecular flexibility index (Phi) is 4.92. The largest absolute Gasteiger partial charge is 0.482 e. The van der Waals surface area contributed by atoms with E-state index in [2.05, 4.69) is 16.0 Å². The summed E-state index contributed by atoms with van der Waals surface area (Å²) in [6, 6.07) is 15.0. The number of carbonyl (C=O) groups excluding carboxylic acids is 1. The van der Waals surface area contributed by atoms with Crippen LogP contribution in [0.1, 0.15) is 5.56 Å². The summed E-state index contributed by atoms with van der Waals surface area (Å²) in [5, 5.41) is 9.04. The number of aromatic amines is 1. The van der Waals surface area contributed by atoms with Gasteiger partial charge in [0.2, 0.25) is 0 Å². The molecule has 0 atom stereocenters. The number of rotatable bonds is 4. The number of amides is 1. The molecule has 1 aliphatic heterocycles. The van der Waals surface area contributed by atoms with Crippen LogP contribution in [0.2, 0.25) is 0 Å². The van der Waals surface area contributed by atoms with E-state index in [1.165, 1.54) is 0 Å². The Morgan fingerprint density at radius 2 is 1.88 bits per heavy atom. The zero-order valence-corrected chi connectivity index (χ0v) is 13.3. The Morgan fingerprint density at radius 3 is 2.58 bits per heavy atom. The van der Waals surface area contributed by atoms with Crippen LogP contribution >= 0.6 is 0 Å². The van der Waals surface area contributed by atoms with Crippen molar-refractivity contribution in [2.75, 3.05) is 37.7 Å². The first-order valence-corrected chi connectivity index (χ1v) is 7.89. The number of aromatic nitrogens is 1. The number of pyridine rings is 1. The van der Waals surface area contributed by atoms with E-state index >= 15 is 0 Å². The van der Waals surface area contributed by atoms with Crippen LogP contribution in [-0.2, 0) is 4.79 Å². The Hall–Kier alpha value is -3.07. The number of carbonyl (C=O) groups is 1. The molecule has 2 aromatic rings. The number of anilines is 1. The monoisotopic (exact) mass is 323 g/mol. The van der Waals surface area contributed by atoms with Gasteiger partial charge < -0.3 is 9.64 Å². The van der Waals surface area contributed by atoms with Gasteiger partial charge in [0.25, 0.3) is 11.7 Å². The van der Waals surface area contributed by atoms with E-state index in [9.17, 15) is 4.79 Å². The average Bonchev–Trinajstić information content (AvgIpc) is 2.67. The molecule has 0 saturated carbocycles. The lowest BCUT2D eigenvalue weighted by Gasteiger charge is -2.30. The molecule has 1 aliphatic rings. The lowest BCUT2D eigenvalue weighted by Crippen LogP contribution is -2.51. The highest BCUT2D eigenvalue weighted by molar-refractivity contribution is 5.78. The third-order valence-corrected chi connectivity index (χ3v) is 4.02. The summed E-state index contributed by atoms with van der Waals surface area (Å²) in [4.78, 5) is 19.5. The van der Waals surface area contributed by atoms with Gasteiger partial charge in [0.15, 0.2) is 6.61 Å². The molecule has 1 amide bonds. The number of benzene rings is 1. The Labute approximate surface area is 140 Å². The average molecular weight is 323 g/mol. The number of hydrogen-bond donors (Lipinski definition) is 0. The molecular formula is C18H19N4O2+. The Bertz CT molecular complexity index is 734. The zero-order chi connectivity index (χ0) is 16.8. The van der Waals surface area contributed by atoms with Gasteiger partial charge in [0.05, 0.1) is 24.8 Å². The number of nitrogens with one attached hydrogen (secondary N) is 1. The molecule has 1 aromatic heterocycles. The van der Waals surface area contributed by atoms with Gasteiger partial charge in [-0.15, -0.1) is 0 Å². The van der Waals surface area contributed by atoms with E-state index in [0.717, 1.165) is 18.9 Å². The van der Waals surface area contributed by atoms with Gasteiger partial charge in [-0.05, 0) is 18.2 Å². The molecule has 2 heterocycles. The summed E-state index contributed by atoms with van der Waals surface area (Å²) in [5.74, 6) is 1.45. The molecule has 1 fully saturated rings. The van der Waals surface area contributed by atoms with Crippen molar-refractivity contribution in [2.24, 2.45) is 0 Å². The topological polar surface area (TPSA) is 70.7 Å². The highest BCUT2D eigenvalue weighted by Gasteiger charge is 2.26. The minimum Gasteiger partial charge on any atom is -0.482 e. The van der Waals surface area contributed by atoms with E-state index < -0.39 is 0 Å². The van der Waals surface area contributed by atoms with Crippen LogP contribution in [0.5, 0.6) is 5.75 Å².